The van der Waals surface area contributed by atoms with E-state index in [1.807, 2.05) is 68.6 Å². The number of thioether (sulfide) groups is 1. The summed E-state index contributed by atoms with van der Waals surface area (Å²) in [5, 5.41) is 16.9. The average Bonchev–Trinajstić information content (AvgIpc) is 3.44. The lowest BCUT2D eigenvalue weighted by Gasteiger charge is -2.20. The van der Waals surface area contributed by atoms with Gasteiger partial charge in [-0.1, -0.05) is 32.0 Å². The van der Waals surface area contributed by atoms with Crippen molar-refractivity contribution < 1.29 is 14.3 Å². The standard InChI is InChI=1S/C26H25N5O3S/c1-16(2)25-29-31-23(27)21(24(32)28-26(31)35-25)14-17-15-30(22-7-5-4-6-20(17)22)12-13-34-19-10-8-18(33-3)9-11-19/h4-11,14-16,27H,12-13H2,1-3H3. The molecule has 0 spiro atoms. The monoisotopic (exact) mass is 487 g/mol. The SMILES string of the molecule is COc1ccc(OCCn2cc(C=C3C(=N)N4N=C(C(C)C)SC4=NC3=O)c3ccccc32)cc1. The smallest absolute Gasteiger partial charge is 0.283 e. The van der Waals surface area contributed by atoms with Crippen molar-refractivity contribution >= 4 is 50.7 Å². The van der Waals surface area contributed by atoms with Gasteiger partial charge in [-0.05, 0) is 48.2 Å². The van der Waals surface area contributed by atoms with E-state index in [4.69, 9.17) is 14.9 Å². The number of nitrogens with one attached hydrogen (secondary N) is 1. The zero-order valence-electron chi connectivity index (χ0n) is 19.7. The van der Waals surface area contributed by atoms with E-state index in [1.165, 1.54) is 16.8 Å². The lowest BCUT2D eigenvalue weighted by Crippen LogP contribution is -2.35. The van der Waals surface area contributed by atoms with Crippen LogP contribution in [-0.4, -0.2) is 45.2 Å². The Kier molecular flexibility index (Phi) is 6.17. The summed E-state index contributed by atoms with van der Waals surface area (Å²) in [7, 11) is 1.63. The van der Waals surface area contributed by atoms with Gasteiger partial charge in [0.05, 0.1) is 19.2 Å². The van der Waals surface area contributed by atoms with Gasteiger partial charge >= 0.3 is 0 Å². The molecule has 1 aromatic heterocycles. The Balaban J connectivity index is 1.40. The summed E-state index contributed by atoms with van der Waals surface area (Å²) in [6.45, 7) is 5.15. The molecular weight excluding hydrogens is 462 g/mol. The fourth-order valence-corrected chi connectivity index (χ4v) is 4.80. The molecule has 2 aromatic carbocycles. The largest absolute Gasteiger partial charge is 0.497 e. The van der Waals surface area contributed by atoms with E-state index in [0.717, 1.165) is 33.0 Å². The van der Waals surface area contributed by atoms with E-state index in [-0.39, 0.29) is 17.3 Å². The van der Waals surface area contributed by atoms with Crippen LogP contribution in [0.15, 0.2) is 70.4 Å². The summed E-state index contributed by atoms with van der Waals surface area (Å²) in [6.07, 6.45) is 3.72. The number of carbonyl (C=O) groups excluding carboxylic acids is 1. The van der Waals surface area contributed by atoms with Crippen LogP contribution >= 0.6 is 11.8 Å². The van der Waals surface area contributed by atoms with E-state index in [2.05, 4.69) is 14.7 Å². The van der Waals surface area contributed by atoms with Gasteiger partial charge in [-0.3, -0.25) is 10.2 Å². The predicted octanol–water partition coefficient (Wildman–Crippen LogP) is 5.00. The first-order valence-electron chi connectivity index (χ1n) is 11.3. The molecule has 3 aromatic rings. The molecular formula is C26H25N5O3S. The maximum absolute atomic E-state index is 12.8. The number of para-hydroxylation sites is 1. The van der Waals surface area contributed by atoms with Crippen molar-refractivity contribution in [3.8, 4) is 11.5 Å². The summed E-state index contributed by atoms with van der Waals surface area (Å²) in [6, 6.07) is 15.5. The molecule has 1 N–H and O–H groups in total. The normalized spacial score (nSPS) is 16.7. The lowest BCUT2D eigenvalue weighted by atomic mass is 10.1. The predicted molar refractivity (Wildman–Crippen MR) is 140 cm³/mol. The van der Waals surface area contributed by atoms with Crippen LogP contribution < -0.4 is 9.47 Å². The third-order valence-corrected chi connectivity index (χ3v) is 6.95. The number of amidine groups is 2. The molecule has 0 unspecified atom stereocenters. The van der Waals surface area contributed by atoms with Crippen LogP contribution in [0.1, 0.15) is 19.4 Å². The number of amides is 1. The highest BCUT2D eigenvalue weighted by Gasteiger charge is 2.36. The molecule has 0 saturated carbocycles. The first-order valence-corrected chi connectivity index (χ1v) is 12.1. The number of benzene rings is 2. The average molecular weight is 488 g/mol. The Morgan fingerprint density at radius 3 is 2.60 bits per heavy atom. The van der Waals surface area contributed by atoms with Crippen molar-refractivity contribution in [3.63, 3.8) is 0 Å². The molecule has 9 heteroatoms. The van der Waals surface area contributed by atoms with Crippen molar-refractivity contribution in [2.24, 2.45) is 16.0 Å². The van der Waals surface area contributed by atoms with E-state index < -0.39 is 5.91 Å². The van der Waals surface area contributed by atoms with E-state index in [0.29, 0.717) is 18.3 Å². The number of fused-ring (bicyclic) bond motifs is 2. The van der Waals surface area contributed by atoms with Crippen molar-refractivity contribution in [2.75, 3.05) is 13.7 Å². The number of nitrogens with zero attached hydrogens (tertiary/aromatic N) is 4. The van der Waals surface area contributed by atoms with Crippen molar-refractivity contribution in [2.45, 2.75) is 20.4 Å². The van der Waals surface area contributed by atoms with Crippen LogP contribution in [-0.2, 0) is 11.3 Å². The van der Waals surface area contributed by atoms with E-state index in [1.54, 1.807) is 13.2 Å². The number of methoxy groups -OCH3 is 1. The quantitative estimate of drug-likeness (QED) is 0.473. The minimum atomic E-state index is -0.423. The van der Waals surface area contributed by atoms with Crippen LogP contribution in [0.2, 0.25) is 0 Å². The van der Waals surface area contributed by atoms with Gasteiger partial charge in [0.1, 0.15) is 23.1 Å². The molecule has 3 heterocycles. The molecule has 0 atom stereocenters. The molecule has 0 saturated heterocycles. The third-order valence-electron chi connectivity index (χ3n) is 5.74. The number of aliphatic imine (C=N–C) groups is 1. The molecule has 1 amide bonds. The van der Waals surface area contributed by atoms with Gasteiger partial charge in [-0.25, -0.2) is 0 Å². The number of hydrogen-bond acceptors (Lipinski definition) is 6. The third kappa shape index (κ3) is 4.46. The second kappa shape index (κ2) is 9.42. The highest BCUT2D eigenvalue weighted by atomic mass is 32.2. The second-order valence-corrected chi connectivity index (χ2v) is 9.42. The van der Waals surface area contributed by atoms with Gasteiger partial charge in [-0.15, -0.1) is 0 Å². The first kappa shape index (κ1) is 22.9. The van der Waals surface area contributed by atoms with E-state index in [9.17, 15) is 4.79 Å². The Labute approximate surface area is 207 Å². The Morgan fingerprint density at radius 2 is 1.86 bits per heavy atom. The van der Waals surface area contributed by atoms with Crippen molar-refractivity contribution in [1.82, 2.24) is 9.58 Å². The zero-order chi connectivity index (χ0) is 24.5. The number of rotatable bonds is 7. The van der Waals surface area contributed by atoms with Crippen LogP contribution in [0.25, 0.3) is 17.0 Å². The molecule has 2 aliphatic rings. The van der Waals surface area contributed by atoms with E-state index >= 15 is 0 Å². The van der Waals surface area contributed by atoms with Gasteiger partial charge in [-0.2, -0.15) is 15.1 Å². The van der Waals surface area contributed by atoms with Crippen LogP contribution in [0.3, 0.4) is 0 Å². The topological polar surface area (TPSA) is 92.3 Å². The van der Waals surface area contributed by atoms with Crippen molar-refractivity contribution in [3.05, 3.63) is 65.9 Å². The minimum absolute atomic E-state index is 0.0443. The molecule has 5 rings (SSSR count). The number of aromatic nitrogens is 1. The molecule has 0 aliphatic carbocycles. The van der Waals surface area contributed by atoms with Gasteiger partial charge in [0.2, 0.25) is 5.17 Å². The highest BCUT2D eigenvalue weighted by molar-refractivity contribution is 8.27. The molecule has 0 radical (unpaired) electrons. The summed E-state index contributed by atoms with van der Waals surface area (Å²) in [5.74, 6) is 1.37. The molecule has 35 heavy (non-hydrogen) atoms. The molecule has 2 aliphatic heterocycles. The molecule has 0 bridgehead atoms. The number of ether oxygens (including phenoxy) is 2. The zero-order valence-corrected chi connectivity index (χ0v) is 20.5. The summed E-state index contributed by atoms with van der Waals surface area (Å²) in [4.78, 5) is 17.0. The second-order valence-electron chi connectivity index (χ2n) is 8.43. The van der Waals surface area contributed by atoms with Gasteiger partial charge in [0.25, 0.3) is 5.91 Å². The van der Waals surface area contributed by atoms with Crippen LogP contribution in [0, 0.1) is 11.3 Å². The lowest BCUT2D eigenvalue weighted by molar-refractivity contribution is -0.114. The molecule has 0 fully saturated rings. The molecule has 8 nitrogen and oxygen atoms in total. The van der Waals surface area contributed by atoms with Crippen LogP contribution in [0.4, 0.5) is 0 Å². The minimum Gasteiger partial charge on any atom is -0.497 e. The Hall–Kier alpha value is -3.85. The van der Waals surface area contributed by atoms with Crippen molar-refractivity contribution in [1.29, 1.82) is 5.41 Å². The fourth-order valence-electron chi connectivity index (χ4n) is 3.90. The maximum atomic E-state index is 12.8. The maximum Gasteiger partial charge on any atom is 0.283 e. The summed E-state index contributed by atoms with van der Waals surface area (Å²) in [5.41, 5.74) is 2.09. The van der Waals surface area contributed by atoms with Crippen LogP contribution in [0.5, 0.6) is 11.5 Å². The first-order chi connectivity index (χ1) is 16.9. The number of hydrogen-bond donors (Lipinski definition) is 1. The summed E-state index contributed by atoms with van der Waals surface area (Å²) >= 11 is 1.35. The fraction of sp³-hybridized carbons (Fsp3) is 0.231. The number of hydrazone groups is 1. The number of carbonyl (C=O) groups is 1. The van der Waals surface area contributed by atoms with Gasteiger partial charge < -0.3 is 14.0 Å². The highest BCUT2D eigenvalue weighted by Crippen LogP contribution is 2.32. The Bertz CT molecular complexity index is 1400. The van der Waals surface area contributed by atoms with Gasteiger partial charge in [0.15, 0.2) is 5.84 Å². The summed E-state index contributed by atoms with van der Waals surface area (Å²) < 4.78 is 13.2. The van der Waals surface area contributed by atoms with Gasteiger partial charge in [0, 0.05) is 28.6 Å². The molecule has 178 valence electrons. The Morgan fingerprint density at radius 1 is 1.11 bits per heavy atom.